The first-order valence-corrected chi connectivity index (χ1v) is 7.97. The number of hydrogen-bond donors (Lipinski definition) is 1. The smallest absolute Gasteiger partial charge is 0.123 e. The van der Waals surface area contributed by atoms with Gasteiger partial charge >= 0.3 is 0 Å². The molecule has 1 saturated heterocycles. The average molecular weight is 313 g/mol. The molecule has 0 radical (unpaired) electrons. The molecule has 5 heteroatoms. The van der Waals surface area contributed by atoms with Crippen LogP contribution in [0.1, 0.15) is 19.4 Å². The monoisotopic (exact) mass is 312 g/mol. The normalized spacial score (nSPS) is 16.4. The maximum atomic E-state index is 6.08. The third kappa shape index (κ3) is 5.83. The maximum Gasteiger partial charge on any atom is 0.123 e. The lowest BCUT2D eigenvalue weighted by molar-refractivity contribution is 0.0322. The summed E-state index contributed by atoms with van der Waals surface area (Å²) in [5.41, 5.74) is 1.11. The molecule has 0 aliphatic carbocycles. The second kappa shape index (κ2) is 8.59. The van der Waals surface area contributed by atoms with Gasteiger partial charge in [0.25, 0.3) is 0 Å². The highest BCUT2D eigenvalue weighted by molar-refractivity contribution is 6.30. The topological polar surface area (TPSA) is 33.7 Å². The summed E-state index contributed by atoms with van der Waals surface area (Å²) in [6, 6.07) is 6.25. The molecular formula is C16H25ClN2O2. The Morgan fingerprint density at radius 2 is 2.10 bits per heavy atom. The van der Waals surface area contributed by atoms with Gasteiger partial charge in [0.2, 0.25) is 0 Å². The minimum atomic E-state index is 0.435. The first-order chi connectivity index (χ1) is 10.1. The second-order valence-electron chi connectivity index (χ2n) is 5.59. The highest BCUT2D eigenvalue weighted by atomic mass is 35.5. The first-order valence-electron chi connectivity index (χ1n) is 7.60. The zero-order valence-electron chi connectivity index (χ0n) is 12.9. The molecule has 21 heavy (non-hydrogen) atoms. The largest absolute Gasteiger partial charge is 0.492 e. The van der Waals surface area contributed by atoms with Gasteiger partial charge in [-0.25, -0.2) is 0 Å². The molecular weight excluding hydrogens is 288 g/mol. The van der Waals surface area contributed by atoms with Gasteiger partial charge in [-0.2, -0.15) is 0 Å². The highest BCUT2D eigenvalue weighted by Crippen LogP contribution is 2.23. The summed E-state index contributed by atoms with van der Waals surface area (Å²) < 4.78 is 11.3. The van der Waals surface area contributed by atoms with E-state index in [2.05, 4.69) is 24.1 Å². The van der Waals surface area contributed by atoms with Crippen molar-refractivity contribution >= 4 is 11.6 Å². The van der Waals surface area contributed by atoms with E-state index in [1.807, 2.05) is 18.2 Å². The van der Waals surface area contributed by atoms with Crippen LogP contribution in [0.25, 0.3) is 0 Å². The van der Waals surface area contributed by atoms with Crippen LogP contribution in [0.15, 0.2) is 18.2 Å². The van der Waals surface area contributed by atoms with Crippen LogP contribution in [0.5, 0.6) is 5.75 Å². The molecule has 1 aromatic rings. The van der Waals surface area contributed by atoms with Gasteiger partial charge < -0.3 is 14.8 Å². The lowest BCUT2D eigenvalue weighted by Crippen LogP contribution is -2.38. The number of halogens is 1. The van der Waals surface area contributed by atoms with Crippen LogP contribution in [0.4, 0.5) is 0 Å². The number of morpholine rings is 1. The van der Waals surface area contributed by atoms with Crippen molar-refractivity contribution in [3.05, 3.63) is 28.8 Å². The number of ether oxygens (including phenoxy) is 2. The highest BCUT2D eigenvalue weighted by Gasteiger charge is 2.11. The number of nitrogens with one attached hydrogen (secondary N) is 1. The van der Waals surface area contributed by atoms with E-state index < -0.39 is 0 Å². The summed E-state index contributed by atoms with van der Waals surface area (Å²) >= 11 is 6.08. The predicted octanol–water partition coefficient (Wildman–Crippen LogP) is 2.55. The Morgan fingerprint density at radius 3 is 2.81 bits per heavy atom. The van der Waals surface area contributed by atoms with E-state index in [9.17, 15) is 0 Å². The van der Waals surface area contributed by atoms with Gasteiger partial charge in [0.05, 0.1) is 13.2 Å². The van der Waals surface area contributed by atoms with Crippen molar-refractivity contribution in [3.63, 3.8) is 0 Å². The molecule has 1 aliphatic rings. The number of rotatable bonds is 7. The van der Waals surface area contributed by atoms with Crippen molar-refractivity contribution in [3.8, 4) is 5.75 Å². The number of nitrogens with zero attached hydrogens (tertiary/aromatic N) is 1. The third-order valence-corrected chi connectivity index (χ3v) is 3.73. The number of hydrogen-bond acceptors (Lipinski definition) is 4. The molecule has 0 saturated carbocycles. The van der Waals surface area contributed by atoms with Crippen molar-refractivity contribution in [2.75, 3.05) is 39.5 Å². The SMILES string of the molecule is CC(C)NCc1cc(Cl)ccc1OCCN1CCOCC1. The van der Waals surface area contributed by atoms with Gasteiger partial charge in [0, 0.05) is 42.8 Å². The molecule has 1 aliphatic heterocycles. The Hall–Kier alpha value is -0.810. The third-order valence-electron chi connectivity index (χ3n) is 3.49. The molecule has 1 aromatic carbocycles. The van der Waals surface area contributed by atoms with Gasteiger partial charge in [0.15, 0.2) is 0 Å². The second-order valence-corrected chi connectivity index (χ2v) is 6.03. The Kier molecular flexibility index (Phi) is 6.77. The minimum Gasteiger partial charge on any atom is -0.492 e. The molecule has 0 atom stereocenters. The minimum absolute atomic E-state index is 0.435. The zero-order chi connectivity index (χ0) is 15.1. The summed E-state index contributed by atoms with van der Waals surface area (Å²) in [5.74, 6) is 0.917. The Bertz CT molecular complexity index is 434. The van der Waals surface area contributed by atoms with E-state index in [0.29, 0.717) is 12.6 Å². The van der Waals surface area contributed by atoms with Gasteiger partial charge in [-0.3, -0.25) is 4.90 Å². The van der Waals surface area contributed by atoms with Crippen LogP contribution >= 0.6 is 11.6 Å². The molecule has 0 amide bonds. The van der Waals surface area contributed by atoms with Gasteiger partial charge in [-0.1, -0.05) is 25.4 Å². The lowest BCUT2D eigenvalue weighted by atomic mass is 10.2. The van der Waals surface area contributed by atoms with Crippen LogP contribution in [-0.2, 0) is 11.3 Å². The van der Waals surface area contributed by atoms with Gasteiger partial charge in [-0.05, 0) is 18.2 Å². The van der Waals surface area contributed by atoms with Crippen LogP contribution in [0.2, 0.25) is 5.02 Å². The fourth-order valence-corrected chi connectivity index (χ4v) is 2.45. The van der Waals surface area contributed by atoms with E-state index in [1.54, 1.807) is 0 Å². The molecule has 0 bridgehead atoms. The fourth-order valence-electron chi connectivity index (χ4n) is 2.25. The van der Waals surface area contributed by atoms with E-state index in [-0.39, 0.29) is 0 Å². The molecule has 2 rings (SSSR count). The summed E-state index contributed by atoms with van der Waals surface area (Å²) in [4.78, 5) is 2.37. The zero-order valence-corrected chi connectivity index (χ0v) is 13.7. The summed E-state index contributed by atoms with van der Waals surface area (Å²) in [5, 5.41) is 4.15. The maximum absolute atomic E-state index is 6.08. The van der Waals surface area contributed by atoms with Crippen molar-refractivity contribution in [2.45, 2.75) is 26.4 Å². The predicted molar refractivity (Wildman–Crippen MR) is 86.2 cm³/mol. The molecule has 118 valence electrons. The Labute approximate surface area is 132 Å². The van der Waals surface area contributed by atoms with E-state index in [0.717, 1.165) is 55.7 Å². The van der Waals surface area contributed by atoms with Gasteiger partial charge in [0.1, 0.15) is 12.4 Å². The fraction of sp³-hybridized carbons (Fsp3) is 0.625. The standard InChI is InChI=1S/C16H25ClN2O2/c1-13(2)18-12-14-11-15(17)3-4-16(14)21-10-7-19-5-8-20-9-6-19/h3-4,11,13,18H,5-10,12H2,1-2H3. The molecule has 4 nitrogen and oxygen atoms in total. The molecule has 0 aromatic heterocycles. The molecule has 0 spiro atoms. The Morgan fingerprint density at radius 1 is 1.33 bits per heavy atom. The van der Waals surface area contributed by atoms with Crippen molar-refractivity contribution in [1.29, 1.82) is 0 Å². The Balaban J connectivity index is 1.85. The summed E-state index contributed by atoms with van der Waals surface area (Å²) in [7, 11) is 0. The van der Waals surface area contributed by atoms with Crippen molar-refractivity contribution in [1.82, 2.24) is 10.2 Å². The van der Waals surface area contributed by atoms with Gasteiger partial charge in [-0.15, -0.1) is 0 Å². The van der Waals surface area contributed by atoms with Crippen LogP contribution < -0.4 is 10.1 Å². The first kappa shape index (κ1) is 16.6. The lowest BCUT2D eigenvalue weighted by Gasteiger charge is -2.26. The average Bonchev–Trinajstić information content (AvgIpc) is 2.48. The number of benzene rings is 1. The molecule has 1 heterocycles. The van der Waals surface area contributed by atoms with E-state index in [1.165, 1.54) is 0 Å². The van der Waals surface area contributed by atoms with E-state index >= 15 is 0 Å². The van der Waals surface area contributed by atoms with Crippen LogP contribution in [-0.4, -0.2) is 50.4 Å². The van der Waals surface area contributed by atoms with Crippen LogP contribution in [0, 0.1) is 0 Å². The van der Waals surface area contributed by atoms with E-state index in [4.69, 9.17) is 21.1 Å². The van der Waals surface area contributed by atoms with Crippen molar-refractivity contribution in [2.24, 2.45) is 0 Å². The quantitative estimate of drug-likeness (QED) is 0.839. The summed E-state index contributed by atoms with van der Waals surface area (Å²) in [6.07, 6.45) is 0. The molecule has 1 fully saturated rings. The molecule has 0 unspecified atom stereocenters. The molecule has 1 N–H and O–H groups in total. The summed E-state index contributed by atoms with van der Waals surface area (Å²) in [6.45, 7) is 10.3. The van der Waals surface area contributed by atoms with Crippen LogP contribution in [0.3, 0.4) is 0 Å². The van der Waals surface area contributed by atoms with Crippen molar-refractivity contribution < 1.29 is 9.47 Å².